The van der Waals surface area contributed by atoms with Crippen molar-refractivity contribution in [2.45, 2.75) is 51.5 Å². The van der Waals surface area contributed by atoms with E-state index in [0.717, 1.165) is 44.9 Å². The molecule has 10 heteroatoms. The van der Waals surface area contributed by atoms with Crippen molar-refractivity contribution in [1.29, 1.82) is 0 Å². The standard InChI is InChI=1S/C24H34BN5O4/c1-23(2)24(3,4)34-25(33-23)21-18(8-10-28(5)22(21)31)27-19-7-6-17(16-26-19)29-11-13-30(14-12-29)20-9-15-32-20/h6-8,10,16,20H,9,11-15H2,1-5H3,(H,26,27). The molecule has 1 N–H and O–H groups in total. The van der Waals surface area contributed by atoms with E-state index in [9.17, 15) is 4.79 Å². The number of nitrogens with zero attached hydrogens (tertiary/aromatic N) is 4. The summed E-state index contributed by atoms with van der Waals surface area (Å²) in [7, 11) is 0.965. The normalized spacial score (nSPS) is 24.2. The Hall–Kier alpha value is -2.40. The summed E-state index contributed by atoms with van der Waals surface area (Å²) in [5, 5.41) is 3.31. The maximum atomic E-state index is 13.1. The molecule has 5 heterocycles. The second-order valence-corrected chi connectivity index (χ2v) is 10.3. The van der Waals surface area contributed by atoms with Gasteiger partial charge >= 0.3 is 7.12 Å². The molecule has 2 aromatic heterocycles. The number of anilines is 3. The summed E-state index contributed by atoms with van der Waals surface area (Å²) in [4.78, 5) is 22.5. The summed E-state index contributed by atoms with van der Waals surface area (Å²) >= 11 is 0. The molecule has 0 radical (unpaired) electrons. The molecular weight excluding hydrogens is 433 g/mol. The molecule has 0 aliphatic carbocycles. The second-order valence-electron chi connectivity index (χ2n) is 10.3. The van der Waals surface area contributed by atoms with Crippen LogP contribution in [0, 0.1) is 0 Å². The Morgan fingerprint density at radius 3 is 2.29 bits per heavy atom. The highest BCUT2D eigenvalue weighted by atomic mass is 16.7. The summed E-state index contributed by atoms with van der Waals surface area (Å²) in [6.07, 6.45) is 5.06. The lowest BCUT2D eigenvalue weighted by molar-refractivity contribution is -0.145. The first kappa shape index (κ1) is 23.4. The van der Waals surface area contributed by atoms with Crippen molar-refractivity contribution < 1.29 is 14.0 Å². The monoisotopic (exact) mass is 467 g/mol. The number of hydrogen-bond donors (Lipinski definition) is 1. The summed E-state index contributed by atoms with van der Waals surface area (Å²) in [5.41, 5.74) is 0.942. The molecule has 3 fully saturated rings. The zero-order chi connectivity index (χ0) is 24.1. The molecular formula is C24H34BN5O4. The fraction of sp³-hybridized carbons (Fsp3) is 0.583. The van der Waals surface area contributed by atoms with Gasteiger partial charge < -0.3 is 28.8 Å². The summed E-state index contributed by atoms with van der Waals surface area (Å²) < 4.78 is 19.5. The lowest BCUT2D eigenvalue weighted by Crippen LogP contribution is -2.54. The van der Waals surface area contributed by atoms with Crippen LogP contribution in [0.4, 0.5) is 17.2 Å². The number of ether oxygens (including phenoxy) is 1. The number of hydrogen-bond acceptors (Lipinski definition) is 8. The summed E-state index contributed by atoms with van der Waals surface area (Å²) in [6.45, 7) is 12.7. The number of aryl methyl sites for hydroxylation is 1. The minimum absolute atomic E-state index is 0.159. The van der Waals surface area contributed by atoms with Crippen molar-refractivity contribution in [2.75, 3.05) is 43.0 Å². The Labute approximate surface area is 201 Å². The van der Waals surface area contributed by atoms with Gasteiger partial charge in [-0.25, -0.2) is 4.98 Å². The highest BCUT2D eigenvalue weighted by Crippen LogP contribution is 2.36. The zero-order valence-corrected chi connectivity index (χ0v) is 20.7. The third kappa shape index (κ3) is 4.24. The van der Waals surface area contributed by atoms with E-state index in [-0.39, 0.29) is 5.56 Å². The van der Waals surface area contributed by atoms with Crippen molar-refractivity contribution in [3.05, 3.63) is 40.9 Å². The van der Waals surface area contributed by atoms with E-state index in [1.807, 2.05) is 46.0 Å². The lowest BCUT2D eigenvalue weighted by Gasteiger charge is -2.43. The van der Waals surface area contributed by atoms with Crippen molar-refractivity contribution >= 4 is 29.8 Å². The average molecular weight is 467 g/mol. The number of aromatic nitrogens is 2. The SMILES string of the molecule is Cn1ccc(Nc2ccc(N3CCN(C4CCO4)CC3)cn2)c(B2OC(C)(C)C(C)(C)O2)c1=O. The van der Waals surface area contributed by atoms with Gasteiger partial charge in [0, 0.05) is 51.5 Å². The molecule has 0 bridgehead atoms. The maximum Gasteiger partial charge on any atom is 0.502 e. The minimum atomic E-state index is -0.761. The summed E-state index contributed by atoms with van der Waals surface area (Å²) in [6, 6.07) is 5.88. The molecule has 3 saturated heterocycles. The highest BCUT2D eigenvalue weighted by Gasteiger charge is 2.53. The number of piperazine rings is 1. The van der Waals surface area contributed by atoms with Gasteiger partial charge in [-0.15, -0.1) is 0 Å². The zero-order valence-electron chi connectivity index (χ0n) is 20.7. The van der Waals surface area contributed by atoms with Crippen molar-refractivity contribution in [1.82, 2.24) is 14.5 Å². The first-order chi connectivity index (χ1) is 16.1. The third-order valence-corrected chi connectivity index (χ3v) is 7.57. The van der Waals surface area contributed by atoms with Gasteiger partial charge in [0.25, 0.3) is 5.56 Å². The Morgan fingerprint density at radius 1 is 1.06 bits per heavy atom. The molecule has 3 aliphatic rings. The maximum absolute atomic E-state index is 13.1. The fourth-order valence-electron chi connectivity index (χ4n) is 4.51. The van der Waals surface area contributed by atoms with E-state index in [0.29, 0.717) is 23.2 Å². The molecule has 0 amide bonds. The van der Waals surface area contributed by atoms with Crippen LogP contribution in [0.25, 0.3) is 0 Å². The Morgan fingerprint density at radius 2 is 1.74 bits per heavy atom. The van der Waals surface area contributed by atoms with Gasteiger partial charge in [-0.05, 0) is 45.9 Å². The van der Waals surface area contributed by atoms with Gasteiger partial charge in [0.05, 0.1) is 35.2 Å². The first-order valence-corrected chi connectivity index (χ1v) is 12.0. The Bertz CT molecular complexity index is 1080. The Kier molecular flexibility index (Phi) is 5.96. The van der Waals surface area contributed by atoms with Crippen molar-refractivity contribution in [3.63, 3.8) is 0 Å². The van der Waals surface area contributed by atoms with Crippen LogP contribution in [0.5, 0.6) is 0 Å². The molecule has 0 saturated carbocycles. The van der Waals surface area contributed by atoms with Gasteiger partial charge in [0.2, 0.25) is 0 Å². The summed E-state index contributed by atoms with van der Waals surface area (Å²) in [5.74, 6) is 0.663. The molecule has 1 atom stereocenters. The molecule has 1 unspecified atom stereocenters. The molecule has 5 rings (SSSR count). The van der Waals surface area contributed by atoms with Gasteiger partial charge in [-0.1, -0.05) is 0 Å². The van der Waals surface area contributed by atoms with Crippen LogP contribution >= 0.6 is 0 Å². The highest BCUT2D eigenvalue weighted by molar-refractivity contribution is 6.63. The lowest BCUT2D eigenvalue weighted by atomic mass is 9.78. The van der Waals surface area contributed by atoms with Crippen molar-refractivity contribution in [3.8, 4) is 0 Å². The minimum Gasteiger partial charge on any atom is -0.399 e. The first-order valence-electron chi connectivity index (χ1n) is 12.0. The number of rotatable bonds is 5. The van der Waals surface area contributed by atoms with E-state index in [2.05, 4.69) is 26.2 Å². The fourth-order valence-corrected chi connectivity index (χ4v) is 4.51. The van der Waals surface area contributed by atoms with Crippen LogP contribution in [0.3, 0.4) is 0 Å². The van der Waals surface area contributed by atoms with Crippen molar-refractivity contribution in [2.24, 2.45) is 7.05 Å². The molecule has 3 aliphatic heterocycles. The van der Waals surface area contributed by atoms with E-state index >= 15 is 0 Å². The van der Waals surface area contributed by atoms with Gasteiger partial charge in [0.15, 0.2) is 0 Å². The second kappa shape index (κ2) is 8.68. The molecule has 182 valence electrons. The van der Waals surface area contributed by atoms with E-state index < -0.39 is 18.3 Å². The average Bonchev–Trinajstić information content (AvgIpc) is 2.97. The van der Waals surface area contributed by atoms with Crippen LogP contribution in [-0.2, 0) is 21.1 Å². The predicted octanol–water partition coefficient (Wildman–Crippen LogP) is 1.69. The third-order valence-electron chi connectivity index (χ3n) is 7.57. The Balaban J connectivity index is 1.31. The molecule has 34 heavy (non-hydrogen) atoms. The van der Waals surface area contributed by atoms with Crippen LogP contribution in [0.1, 0.15) is 34.1 Å². The molecule has 2 aromatic rings. The van der Waals surface area contributed by atoms with Crippen LogP contribution in [0.2, 0.25) is 0 Å². The van der Waals surface area contributed by atoms with Crippen LogP contribution < -0.4 is 21.2 Å². The van der Waals surface area contributed by atoms with Crippen LogP contribution in [-0.4, -0.2) is 71.8 Å². The number of pyridine rings is 2. The van der Waals surface area contributed by atoms with Crippen LogP contribution in [0.15, 0.2) is 35.4 Å². The van der Waals surface area contributed by atoms with Gasteiger partial charge in [-0.3, -0.25) is 9.69 Å². The number of nitrogens with one attached hydrogen (secondary N) is 1. The molecule has 0 aromatic carbocycles. The predicted molar refractivity (Wildman–Crippen MR) is 133 cm³/mol. The van der Waals surface area contributed by atoms with E-state index in [1.54, 1.807) is 13.2 Å². The largest absolute Gasteiger partial charge is 0.502 e. The quantitative estimate of drug-likeness (QED) is 0.666. The smallest absolute Gasteiger partial charge is 0.399 e. The van der Waals surface area contributed by atoms with E-state index in [4.69, 9.17) is 14.0 Å². The van der Waals surface area contributed by atoms with E-state index in [1.165, 1.54) is 4.57 Å². The topological polar surface area (TPSA) is 81.1 Å². The molecule has 0 spiro atoms. The molecule has 9 nitrogen and oxygen atoms in total. The van der Waals surface area contributed by atoms with Gasteiger partial charge in [0.1, 0.15) is 12.0 Å². The van der Waals surface area contributed by atoms with Gasteiger partial charge in [-0.2, -0.15) is 0 Å².